The number of tetrazole rings is 1. The smallest absolute Gasteiger partial charge is 0.214 e. The van der Waals surface area contributed by atoms with Crippen LogP contribution in [-0.4, -0.2) is 29.8 Å². The van der Waals surface area contributed by atoms with Crippen molar-refractivity contribution in [1.29, 1.82) is 0 Å². The molecule has 0 spiro atoms. The van der Waals surface area contributed by atoms with E-state index >= 15 is 0 Å². The van der Waals surface area contributed by atoms with Gasteiger partial charge in [-0.1, -0.05) is 29.5 Å². The van der Waals surface area contributed by atoms with E-state index in [9.17, 15) is 0 Å². The molecule has 0 amide bonds. The van der Waals surface area contributed by atoms with E-state index in [2.05, 4.69) is 27.4 Å². The Morgan fingerprint density at radius 2 is 2.00 bits per heavy atom. The Labute approximate surface area is 120 Å². The van der Waals surface area contributed by atoms with E-state index in [0.29, 0.717) is 0 Å². The first kappa shape index (κ1) is 12.9. The number of thioether (sulfide) groups is 1. The summed E-state index contributed by atoms with van der Waals surface area (Å²) >= 11 is 1.57. The summed E-state index contributed by atoms with van der Waals surface area (Å²) in [6, 6.07) is 8.11. The summed E-state index contributed by atoms with van der Waals surface area (Å²) in [5, 5.41) is 12.6. The molecule has 0 unspecified atom stereocenters. The van der Waals surface area contributed by atoms with Gasteiger partial charge in [-0.2, -0.15) is 4.68 Å². The number of rotatable bonds is 4. The average Bonchev–Trinajstić information content (AvgIpc) is 3.06. The summed E-state index contributed by atoms with van der Waals surface area (Å²) in [4.78, 5) is 4.29. The second-order valence-electron chi connectivity index (χ2n) is 4.45. The van der Waals surface area contributed by atoms with Gasteiger partial charge in [-0.05, 0) is 29.5 Å². The van der Waals surface area contributed by atoms with Crippen LogP contribution in [0.15, 0.2) is 41.8 Å². The normalized spacial score (nSPS) is 10.9. The molecule has 2 heterocycles. The second-order valence-corrected chi connectivity index (χ2v) is 5.39. The van der Waals surface area contributed by atoms with Crippen LogP contribution < -0.4 is 0 Å². The minimum atomic E-state index is 0.732. The standard InChI is InChI=1S/C13H14N6S/c1-10-3-5-11(6-4-10)19-13(15-16-17-19)20-9-12-14-7-8-18(12)2/h3-8H,9H2,1-2H3. The number of nitrogens with zero attached hydrogens (tertiary/aromatic N) is 6. The minimum absolute atomic E-state index is 0.732. The first-order chi connectivity index (χ1) is 9.74. The van der Waals surface area contributed by atoms with Gasteiger partial charge in [-0.25, -0.2) is 4.98 Å². The van der Waals surface area contributed by atoms with Gasteiger partial charge in [0.25, 0.3) is 0 Å². The first-order valence-electron chi connectivity index (χ1n) is 6.18. The maximum absolute atomic E-state index is 4.29. The predicted octanol–water partition coefficient (Wildman–Crippen LogP) is 2.00. The third-order valence-corrected chi connectivity index (χ3v) is 3.89. The van der Waals surface area contributed by atoms with Gasteiger partial charge in [0.2, 0.25) is 5.16 Å². The highest BCUT2D eigenvalue weighted by Crippen LogP contribution is 2.21. The van der Waals surface area contributed by atoms with Crippen molar-refractivity contribution in [1.82, 2.24) is 29.8 Å². The van der Waals surface area contributed by atoms with E-state index in [1.165, 1.54) is 5.56 Å². The second kappa shape index (κ2) is 5.46. The molecule has 6 nitrogen and oxygen atoms in total. The van der Waals surface area contributed by atoms with E-state index in [1.54, 1.807) is 22.6 Å². The molecule has 0 aliphatic carbocycles. The molecule has 0 radical (unpaired) electrons. The van der Waals surface area contributed by atoms with Gasteiger partial charge in [0, 0.05) is 19.4 Å². The van der Waals surface area contributed by atoms with Crippen molar-refractivity contribution in [3.05, 3.63) is 48.0 Å². The lowest BCUT2D eigenvalue weighted by molar-refractivity contribution is 0.755. The number of hydrogen-bond acceptors (Lipinski definition) is 5. The monoisotopic (exact) mass is 286 g/mol. The zero-order chi connectivity index (χ0) is 13.9. The van der Waals surface area contributed by atoms with Crippen molar-refractivity contribution in [2.24, 2.45) is 7.05 Å². The first-order valence-corrected chi connectivity index (χ1v) is 7.17. The molecule has 0 N–H and O–H groups in total. The van der Waals surface area contributed by atoms with E-state index in [1.807, 2.05) is 42.1 Å². The van der Waals surface area contributed by atoms with Crippen molar-refractivity contribution in [3.63, 3.8) is 0 Å². The molecule has 0 saturated carbocycles. The Morgan fingerprint density at radius 3 is 2.70 bits per heavy atom. The number of aryl methyl sites for hydroxylation is 2. The van der Waals surface area contributed by atoms with Crippen LogP contribution in [0.25, 0.3) is 5.69 Å². The number of hydrogen-bond donors (Lipinski definition) is 0. The minimum Gasteiger partial charge on any atom is -0.337 e. The molecule has 0 aliphatic heterocycles. The van der Waals surface area contributed by atoms with Crippen LogP contribution in [0.5, 0.6) is 0 Å². The van der Waals surface area contributed by atoms with Crippen LogP contribution >= 0.6 is 11.8 Å². The molecule has 0 bridgehead atoms. The third kappa shape index (κ3) is 2.57. The van der Waals surface area contributed by atoms with Crippen molar-refractivity contribution in [2.45, 2.75) is 17.8 Å². The molecular formula is C13H14N6S. The lowest BCUT2D eigenvalue weighted by Crippen LogP contribution is -2.00. The highest BCUT2D eigenvalue weighted by molar-refractivity contribution is 7.98. The van der Waals surface area contributed by atoms with Gasteiger partial charge < -0.3 is 4.57 Å². The van der Waals surface area contributed by atoms with Crippen molar-refractivity contribution in [2.75, 3.05) is 0 Å². The molecule has 0 saturated heterocycles. The highest BCUT2D eigenvalue weighted by atomic mass is 32.2. The highest BCUT2D eigenvalue weighted by Gasteiger charge is 2.10. The zero-order valence-corrected chi connectivity index (χ0v) is 12.1. The van der Waals surface area contributed by atoms with Gasteiger partial charge in [0.05, 0.1) is 11.4 Å². The zero-order valence-electron chi connectivity index (χ0n) is 11.3. The molecule has 2 aromatic heterocycles. The van der Waals surface area contributed by atoms with Crippen LogP contribution in [0.3, 0.4) is 0 Å². The fraction of sp³-hybridized carbons (Fsp3) is 0.231. The fourth-order valence-corrected chi connectivity index (χ4v) is 2.68. The summed E-state index contributed by atoms with van der Waals surface area (Å²) in [7, 11) is 1.98. The van der Waals surface area contributed by atoms with Gasteiger partial charge in [-0.3, -0.25) is 0 Å². The molecule has 3 aromatic rings. The maximum Gasteiger partial charge on any atom is 0.214 e. The van der Waals surface area contributed by atoms with Crippen molar-refractivity contribution >= 4 is 11.8 Å². The molecule has 0 aliphatic rings. The Bertz CT molecular complexity index is 700. The summed E-state index contributed by atoms with van der Waals surface area (Å²) in [6.07, 6.45) is 3.72. The molecular weight excluding hydrogens is 272 g/mol. The average molecular weight is 286 g/mol. The number of aromatic nitrogens is 6. The van der Waals surface area contributed by atoms with Gasteiger partial charge in [0.1, 0.15) is 5.82 Å². The van der Waals surface area contributed by atoms with Crippen molar-refractivity contribution < 1.29 is 0 Å². The lowest BCUT2D eigenvalue weighted by Gasteiger charge is -2.04. The maximum atomic E-state index is 4.29. The molecule has 1 aromatic carbocycles. The Hall–Kier alpha value is -2.15. The van der Waals surface area contributed by atoms with Crippen LogP contribution in [0, 0.1) is 6.92 Å². The van der Waals surface area contributed by atoms with Gasteiger partial charge >= 0.3 is 0 Å². The summed E-state index contributed by atoms with van der Waals surface area (Å²) < 4.78 is 3.74. The summed E-state index contributed by atoms with van der Waals surface area (Å²) in [6.45, 7) is 2.06. The molecule has 102 valence electrons. The van der Waals surface area contributed by atoms with Crippen molar-refractivity contribution in [3.8, 4) is 5.69 Å². The largest absolute Gasteiger partial charge is 0.337 e. The van der Waals surface area contributed by atoms with Crippen LogP contribution in [-0.2, 0) is 12.8 Å². The summed E-state index contributed by atoms with van der Waals surface area (Å²) in [5.74, 6) is 1.73. The Kier molecular flexibility index (Phi) is 3.51. The molecule has 0 atom stereocenters. The summed E-state index contributed by atoms with van der Waals surface area (Å²) in [5.41, 5.74) is 2.17. The van der Waals surface area contributed by atoms with E-state index < -0.39 is 0 Å². The van der Waals surface area contributed by atoms with E-state index in [4.69, 9.17) is 0 Å². The van der Waals surface area contributed by atoms with Gasteiger partial charge in [-0.15, -0.1) is 5.10 Å². The van der Waals surface area contributed by atoms with E-state index in [-0.39, 0.29) is 0 Å². The SMILES string of the molecule is Cc1ccc(-n2nnnc2SCc2nccn2C)cc1. The molecule has 3 rings (SSSR count). The van der Waals surface area contributed by atoms with E-state index in [0.717, 1.165) is 22.4 Å². The van der Waals surface area contributed by atoms with Crippen LogP contribution in [0.4, 0.5) is 0 Å². The molecule has 0 fully saturated rings. The van der Waals surface area contributed by atoms with Crippen LogP contribution in [0.1, 0.15) is 11.4 Å². The van der Waals surface area contributed by atoms with Crippen LogP contribution in [0.2, 0.25) is 0 Å². The fourth-order valence-electron chi connectivity index (χ4n) is 1.78. The third-order valence-electron chi connectivity index (χ3n) is 2.97. The molecule has 20 heavy (non-hydrogen) atoms. The topological polar surface area (TPSA) is 61.4 Å². The Balaban J connectivity index is 1.80. The lowest BCUT2D eigenvalue weighted by atomic mass is 10.2. The van der Waals surface area contributed by atoms with Gasteiger partial charge in [0.15, 0.2) is 0 Å². The number of benzene rings is 1. The molecule has 7 heteroatoms. The quantitative estimate of drug-likeness (QED) is 0.686. The number of imidazole rings is 1. The Morgan fingerprint density at radius 1 is 1.20 bits per heavy atom. The predicted molar refractivity (Wildman–Crippen MR) is 76.7 cm³/mol.